The third kappa shape index (κ3) is 1.91. The molecule has 5 heteroatoms. The smallest absolute Gasteiger partial charge is 0.221 e. The van der Waals surface area contributed by atoms with E-state index >= 15 is 0 Å². The minimum Gasteiger partial charge on any atom is -0.354 e. The Balaban J connectivity index is 1.95. The van der Waals surface area contributed by atoms with Crippen LogP contribution in [0.1, 0.15) is 6.42 Å². The molecule has 0 saturated carbocycles. The van der Waals surface area contributed by atoms with Crippen molar-refractivity contribution in [2.75, 3.05) is 32.7 Å². The Hall–Kier alpha value is -1.26. The van der Waals surface area contributed by atoms with Gasteiger partial charge in [0.25, 0.3) is 0 Å². The molecule has 72 valence electrons. The highest BCUT2D eigenvalue weighted by Crippen LogP contribution is 1.99. The number of amides is 1. The van der Waals surface area contributed by atoms with E-state index in [-0.39, 0.29) is 5.91 Å². The number of rotatable bonds is 0. The van der Waals surface area contributed by atoms with Crippen molar-refractivity contribution in [3.05, 3.63) is 0 Å². The quantitative estimate of drug-likeness (QED) is 0.493. The molecule has 2 aliphatic rings. The van der Waals surface area contributed by atoms with Gasteiger partial charge < -0.3 is 15.5 Å². The van der Waals surface area contributed by atoms with Crippen molar-refractivity contribution in [2.24, 2.45) is 4.99 Å². The first-order chi connectivity index (χ1) is 6.36. The summed E-state index contributed by atoms with van der Waals surface area (Å²) in [5, 5.41) is 6.04. The van der Waals surface area contributed by atoms with Crippen LogP contribution in [0.4, 0.5) is 0 Å². The van der Waals surface area contributed by atoms with Gasteiger partial charge in [-0.25, -0.2) is 0 Å². The molecule has 2 N–H and O–H groups in total. The van der Waals surface area contributed by atoms with Crippen LogP contribution in [0.15, 0.2) is 4.99 Å². The molecule has 2 rings (SSSR count). The summed E-state index contributed by atoms with van der Waals surface area (Å²) >= 11 is 0. The van der Waals surface area contributed by atoms with Gasteiger partial charge in [0.05, 0.1) is 6.54 Å². The summed E-state index contributed by atoms with van der Waals surface area (Å²) in [6, 6.07) is 0. The van der Waals surface area contributed by atoms with Gasteiger partial charge >= 0.3 is 0 Å². The molecule has 0 spiro atoms. The normalized spacial score (nSPS) is 23.2. The molecule has 0 unspecified atom stereocenters. The molecule has 2 aliphatic heterocycles. The van der Waals surface area contributed by atoms with Gasteiger partial charge in [-0.2, -0.15) is 0 Å². The van der Waals surface area contributed by atoms with Gasteiger partial charge in [-0.1, -0.05) is 0 Å². The van der Waals surface area contributed by atoms with Gasteiger partial charge in [0, 0.05) is 32.6 Å². The highest BCUT2D eigenvalue weighted by Gasteiger charge is 2.18. The van der Waals surface area contributed by atoms with Crippen molar-refractivity contribution in [2.45, 2.75) is 6.42 Å². The van der Waals surface area contributed by atoms with Crippen molar-refractivity contribution in [1.29, 1.82) is 0 Å². The van der Waals surface area contributed by atoms with Crippen molar-refractivity contribution in [3.63, 3.8) is 0 Å². The average molecular weight is 182 g/mol. The van der Waals surface area contributed by atoms with E-state index in [9.17, 15) is 4.79 Å². The van der Waals surface area contributed by atoms with E-state index in [0.29, 0.717) is 6.42 Å². The topological polar surface area (TPSA) is 56.7 Å². The molecule has 1 fully saturated rings. The summed E-state index contributed by atoms with van der Waals surface area (Å²) in [6.45, 7) is 4.13. The lowest BCUT2D eigenvalue weighted by Gasteiger charge is -2.20. The molecular formula is C8H14N4O. The van der Waals surface area contributed by atoms with Crippen LogP contribution in [0.5, 0.6) is 0 Å². The summed E-state index contributed by atoms with van der Waals surface area (Å²) in [4.78, 5) is 17.5. The van der Waals surface area contributed by atoms with E-state index in [1.807, 2.05) is 0 Å². The molecule has 0 aromatic rings. The monoisotopic (exact) mass is 182 g/mol. The summed E-state index contributed by atoms with van der Waals surface area (Å²) in [6.07, 6.45) is 0.570. The molecule has 0 radical (unpaired) electrons. The first kappa shape index (κ1) is 8.34. The number of hydrogen-bond acceptors (Lipinski definition) is 4. The molecule has 5 nitrogen and oxygen atoms in total. The zero-order valence-electron chi connectivity index (χ0n) is 7.55. The van der Waals surface area contributed by atoms with Crippen LogP contribution in [0.2, 0.25) is 0 Å². The minimum absolute atomic E-state index is 0.140. The van der Waals surface area contributed by atoms with Gasteiger partial charge in [0.2, 0.25) is 5.91 Å². The van der Waals surface area contributed by atoms with Crippen LogP contribution < -0.4 is 10.6 Å². The van der Waals surface area contributed by atoms with Gasteiger partial charge in [-0.05, 0) is 0 Å². The number of nitrogens with one attached hydrogen (secondary N) is 2. The third-order valence-corrected chi connectivity index (χ3v) is 2.27. The van der Waals surface area contributed by atoms with Gasteiger partial charge in [-0.3, -0.25) is 9.79 Å². The van der Waals surface area contributed by atoms with E-state index in [0.717, 1.165) is 38.7 Å². The second kappa shape index (κ2) is 3.64. The Morgan fingerprint density at radius 3 is 2.92 bits per heavy atom. The SMILES string of the molecule is O=C1CCN(C2=NCCN2)CCN1. The van der Waals surface area contributed by atoms with Crippen molar-refractivity contribution >= 4 is 11.9 Å². The Bertz CT molecular complexity index is 238. The highest BCUT2D eigenvalue weighted by molar-refractivity contribution is 5.83. The third-order valence-electron chi connectivity index (χ3n) is 2.27. The number of hydrogen-bond donors (Lipinski definition) is 2. The lowest BCUT2D eigenvalue weighted by Crippen LogP contribution is -2.40. The molecule has 13 heavy (non-hydrogen) atoms. The first-order valence-corrected chi connectivity index (χ1v) is 4.66. The standard InChI is InChI=1S/C8H14N4O/c13-7-1-5-12(6-4-9-7)8-10-2-3-11-8/h1-6H2,(H,9,13)(H,10,11). The maximum Gasteiger partial charge on any atom is 0.221 e. The molecule has 2 heterocycles. The van der Waals surface area contributed by atoms with E-state index in [2.05, 4.69) is 20.5 Å². The lowest BCUT2D eigenvalue weighted by molar-refractivity contribution is -0.120. The zero-order valence-corrected chi connectivity index (χ0v) is 7.55. The molecule has 0 aromatic carbocycles. The molecular weight excluding hydrogens is 168 g/mol. The molecule has 1 saturated heterocycles. The minimum atomic E-state index is 0.140. The summed E-state index contributed by atoms with van der Waals surface area (Å²) < 4.78 is 0. The predicted octanol–water partition coefficient (Wildman–Crippen LogP) is -1.23. The van der Waals surface area contributed by atoms with E-state index < -0.39 is 0 Å². The fraction of sp³-hybridized carbons (Fsp3) is 0.750. The fourth-order valence-corrected chi connectivity index (χ4v) is 1.58. The summed E-state index contributed by atoms with van der Waals surface area (Å²) in [7, 11) is 0. The summed E-state index contributed by atoms with van der Waals surface area (Å²) in [5.74, 6) is 1.09. The molecule has 0 aromatic heterocycles. The van der Waals surface area contributed by atoms with E-state index in [4.69, 9.17) is 0 Å². The maximum absolute atomic E-state index is 11.0. The number of guanidine groups is 1. The van der Waals surface area contributed by atoms with Crippen LogP contribution in [0.3, 0.4) is 0 Å². The zero-order chi connectivity index (χ0) is 9.10. The highest BCUT2D eigenvalue weighted by atomic mass is 16.1. The Labute approximate surface area is 77.2 Å². The molecule has 0 bridgehead atoms. The molecule has 0 aliphatic carbocycles. The Morgan fingerprint density at radius 1 is 1.23 bits per heavy atom. The van der Waals surface area contributed by atoms with Gasteiger partial charge in [0.15, 0.2) is 5.96 Å². The predicted molar refractivity (Wildman–Crippen MR) is 49.5 cm³/mol. The van der Waals surface area contributed by atoms with Crippen molar-refractivity contribution < 1.29 is 4.79 Å². The fourth-order valence-electron chi connectivity index (χ4n) is 1.58. The molecule has 1 amide bonds. The lowest BCUT2D eigenvalue weighted by atomic mass is 10.4. The van der Waals surface area contributed by atoms with Crippen LogP contribution in [0, 0.1) is 0 Å². The number of nitrogens with zero attached hydrogens (tertiary/aromatic N) is 2. The average Bonchev–Trinajstić information content (AvgIpc) is 2.56. The van der Waals surface area contributed by atoms with Crippen LogP contribution in [0.25, 0.3) is 0 Å². The van der Waals surface area contributed by atoms with Crippen molar-refractivity contribution in [1.82, 2.24) is 15.5 Å². The number of carbonyl (C=O) groups is 1. The van der Waals surface area contributed by atoms with Gasteiger partial charge in [0.1, 0.15) is 0 Å². The maximum atomic E-state index is 11.0. The Morgan fingerprint density at radius 2 is 2.15 bits per heavy atom. The van der Waals surface area contributed by atoms with Gasteiger partial charge in [-0.15, -0.1) is 0 Å². The van der Waals surface area contributed by atoms with Crippen LogP contribution in [-0.4, -0.2) is 49.5 Å². The Kier molecular flexibility index (Phi) is 2.33. The number of carbonyl (C=O) groups excluding carboxylic acids is 1. The first-order valence-electron chi connectivity index (χ1n) is 4.66. The van der Waals surface area contributed by atoms with Crippen LogP contribution >= 0.6 is 0 Å². The largest absolute Gasteiger partial charge is 0.354 e. The van der Waals surface area contributed by atoms with E-state index in [1.165, 1.54) is 0 Å². The van der Waals surface area contributed by atoms with Crippen LogP contribution in [-0.2, 0) is 4.79 Å². The second-order valence-electron chi connectivity index (χ2n) is 3.22. The number of aliphatic imine (C=N–C) groups is 1. The molecule has 0 atom stereocenters. The van der Waals surface area contributed by atoms with Crippen molar-refractivity contribution in [3.8, 4) is 0 Å². The summed E-state index contributed by atoms with van der Waals surface area (Å²) in [5.41, 5.74) is 0. The second-order valence-corrected chi connectivity index (χ2v) is 3.22. The van der Waals surface area contributed by atoms with E-state index in [1.54, 1.807) is 0 Å².